The highest BCUT2D eigenvalue weighted by atomic mass is 35.5. The molecule has 0 bridgehead atoms. The maximum atomic E-state index is 5.51. The van der Waals surface area contributed by atoms with E-state index >= 15 is 0 Å². The molecule has 0 saturated carbocycles. The number of nitrogens with one attached hydrogen (secondary N) is 1. The molecule has 1 fully saturated rings. The fraction of sp³-hybridized carbons (Fsp3) is 0.625. The van der Waals surface area contributed by atoms with Crippen LogP contribution >= 0.6 is 12.4 Å². The van der Waals surface area contributed by atoms with Gasteiger partial charge in [-0.2, -0.15) is 0 Å². The predicted molar refractivity (Wildman–Crippen MR) is 88.7 cm³/mol. The second kappa shape index (κ2) is 9.13. The SMILES string of the molecule is CNCC1CCN(Cc2cccc(OC)c2OC)CC1.Cl. The third-order valence-corrected chi connectivity index (χ3v) is 4.08. The molecule has 1 aliphatic heterocycles. The third kappa shape index (κ3) is 4.77. The van der Waals surface area contributed by atoms with E-state index in [-0.39, 0.29) is 12.4 Å². The summed E-state index contributed by atoms with van der Waals surface area (Å²) in [6.07, 6.45) is 2.54. The van der Waals surface area contributed by atoms with E-state index in [1.807, 2.05) is 19.2 Å². The van der Waals surface area contributed by atoms with E-state index in [2.05, 4.69) is 16.3 Å². The van der Waals surface area contributed by atoms with E-state index in [0.29, 0.717) is 0 Å². The van der Waals surface area contributed by atoms with Gasteiger partial charge in [0.15, 0.2) is 11.5 Å². The molecule has 21 heavy (non-hydrogen) atoms. The smallest absolute Gasteiger partial charge is 0.165 e. The van der Waals surface area contributed by atoms with Gasteiger partial charge in [-0.1, -0.05) is 12.1 Å². The van der Waals surface area contributed by atoms with Crippen LogP contribution in [0.4, 0.5) is 0 Å². The third-order valence-electron chi connectivity index (χ3n) is 4.08. The normalized spacial score (nSPS) is 16.3. The van der Waals surface area contributed by atoms with Gasteiger partial charge in [-0.3, -0.25) is 4.90 Å². The Bertz CT molecular complexity index is 421. The average molecular weight is 315 g/mol. The van der Waals surface area contributed by atoms with E-state index in [1.165, 1.54) is 18.4 Å². The van der Waals surface area contributed by atoms with Gasteiger partial charge in [0.05, 0.1) is 14.2 Å². The fourth-order valence-electron chi connectivity index (χ4n) is 2.96. The van der Waals surface area contributed by atoms with E-state index in [9.17, 15) is 0 Å². The Hall–Kier alpha value is -0.970. The summed E-state index contributed by atoms with van der Waals surface area (Å²) in [7, 11) is 5.43. The van der Waals surface area contributed by atoms with Crippen LogP contribution in [0.3, 0.4) is 0 Å². The first kappa shape index (κ1) is 18.1. The molecule has 1 saturated heterocycles. The van der Waals surface area contributed by atoms with Crippen LogP contribution in [0.1, 0.15) is 18.4 Å². The van der Waals surface area contributed by atoms with E-state index in [4.69, 9.17) is 9.47 Å². The number of benzene rings is 1. The van der Waals surface area contributed by atoms with Gasteiger partial charge in [0.2, 0.25) is 0 Å². The van der Waals surface area contributed by atoms with E-state index in [0.717, 1.165) is 43.6 Å². The average Bonchev–Trinajstić information content (AvgIpc) is 2.49. The molecule has 2 rings (SSSR count). The second-order valence-electron chi connectivity index (χ2n) is 5.43. The van der Waals surface area contributed by atoms with Crippen molar-refractivity contribution >= 4 is 12.4 Å². The van der Waals surface area contributed by atoms with E-state index in [1.54, 1.807) is 14.2 Å². The topological polar surface area (TPSA) is 33.7 Å². The molecule has 4 nitrogen and oxygen atoms in total. The number of methoxy groups -OCH3 is 2. The lowest BCUT2D eigenvalue weighted by Crippen LogP contribution is -2.36. The van der Waals surface area contributed by atoms with Crippen LogP contribution in [0.5, 0.6) is 11.5 Å². The number of rotatable bonds is 6. The van der Waals surface area contributed by atoms with Crippen molar-refractivity contribution in [3.63, 3.8) is 0 Å². The summed E-state index contributed by atoms with van der Waals surface area (Å²) >= 11 is 0. The maximum absolute atomic E-state index is 5.51. The van der Waals surface area contributed by atoms with Crippen molar-refractivity contribution in [2.24, 2.45) is 5.92 Å². The molecule has 1 aromatic rings. The van der Waals surface area contributed by atoms with E-state index < -0.39 is 0 Å². The zero-order valence-corrected chi connectivity index (χ0v) is 14.0. The lowest BCUT2D eigenvalue weighted by atomic mass is 9.96. The van der Waals surface area contributed by atoms with Crippen molar-refractivity contribution in [2.75, 3.05) is 40.9 Å². The second-order valence-corrected chi connectivity index (χ2v) is 5.43. The number of nitrogens with zero attached hydrogens (tertiary/aromatic N) is 1. The summed E-state index contributed by atoms with van der Waals surface area (Å²) < 4.78 is 10.9. The highest BCUT2D eigenvalue weighted by Crippen LogP contribution is 2.32. The summed E-state index contributed by atoms with van der Waals surface area (Å²) in [5.41, 5.74) is 1.21. The van der Waals surface area contributed by atoms with Crippen molar-refractivity contribution in [2.45, 2.75) is 19.4 Å². The fourth-order valence-corrected chi connectivity index (χ4v) is 2.96. The number of piperidine rings is 1. The van der Waals surface area contributed by atoms with Gasteiger partial charge < -0.3 is 14.8 Å². The molecule has 1 aromatic carbocycles. The number of halogens is 1. The number of likely N-dealkylation sites (tertiary alicyclic amines) is 1. The summed E-state index contributed by atoms with van der Waals surface area (Å²) in [6.45, 7) is 4.39. The maximum Gasteiger partial charge on any atom is 0.165 e. The highest BCUT2D eigenvalue weighted by Gasteiger charge is 2.20. The zero-order chi connectivity index (χ0) is 14.4. The molecule has 0 amide bonds. The first-order valence-corrected chi connectivity index (χ1v) is 7.35. The molecule has 0 spiro atoms. The summed E-state index contributed by atoms with van der Waals surface area (Å²) in [4.78, 5) is 2.50. The molecular formula is C16H27ClN2O2. The Balaban J connectivity index is 0.00000220. The van der Waals surface area contributed by atoms with Crippen LogP contribution in [-0.4, -0.2) is 45.8 Å². The van der Waals surface area contributed by atoms with Gasteiger partial charge in [-0.15, -0.1) is 12.4 Å². The standard InChI is InChI=1S/C16H26N2O2.ClH/c1-17-11-13-7-9-18(10-8-13)12-14-5-4-6-15(19-2)16(14)20-3;/h4-6,13,17H,7-12H2,1-3H3;1H. The molecule has 0 unspecified atom stereocenters. The Kier molecular flexibility index (Phi) is 7.86. The molecule has 0 aromatic heterocycles. The molecule has 0 atom stereocenters. The lowest BCUT2D eigenvalue weighted by molar-refractivity contribution is 0.175. The van der Waals surface area contributed by atoms with Crippen molar-refractivity contribution in [1.29, 1.82) is 0 Å². The van der Waals surface area contributed by atoms with Crippen LogP contribution in [0.2, 0.25) is 0 Å². The van der Waals surface area contributed by atoms with Gasteiger partial charge in [0, 0.05) is 12.1 Å². The first-order valence-electron chi connectivity index (χ1n) is 7.35. The molecule has 1 heterocycles. The molecule has 1 aliphatic rings. The Morgan fingerprint density at radius 1 is 1.19 bits per heavy atom. The molecule has 120 valence electrons. The zero-order valence-electron chi connectivity index (χ0n) is 13.2. The van der Waals surface area contributed by atoms with Crippen LogP contribution in [-0.2, 0) is 6.54 Å². The van der Waals surface area contributed by atoms with Crippen molar-refractivity contribution < 1.29 is 9.47 Å². The number of hydrogen-bond acceptors (Lipinski definition) is 4. The summed E-state index contributed by atoms with van der Waals surface area (Å²) in [5, 5.41) is 3.28. The molecule has 0 radical (unpaired) electrons. The van der Waals surface area contributed by atoms with Crippen LogP contribution < -0.4 is 14.8 Å². The number of para-hydroxylation sites is 1. The lowest BCUT2D eigenvalue weighted by Gasteiger charge is -2.32. The minimum Gasteiger partial charge on any atom is -0.493 e. The first-order chi connectivity index (χ1) is 9.78. The molecular weight excluding hydrogens is 288 g/mol. The monoisotopic (exact) mass is 314 g/mol. The summed E-state index contributed by atoms with van der Waals surface area (Å²) in [6, 6.07) is 6.10. The van der Waals surface area contributed by atoms with Gasteiger partial charge in [-0.25, -0.2) is 0 Å². The summed E-state index contributed by atoms with van der Waals surface area (Å²) in [5.74, 6) is 2.51. The minimum atomic E-state index is 0. The highest BCUT2D eigenvalue weighted by molar-refractivity contribution is 5.85. The van der Waals surface area contributed by atoms with Gasteiger partial charge in [-0.05, 0) is 51.5 Å². The van der Waals surface area contributed by atoms with Crippen LogP contribution in [0, 0.1) is 5.92 Å². The molecule has 5 heteroatoms. The molecule has 1 N–H and O–H groups in total. The quantitative estimate of drug-likeness (QED) is 0.875. The van der Waals surface area contributed by atoms with Crippen molar-refractivity contribution in [3.8, 4) is 11.5 Å². The number of ether oxygens (including phenoxy) is 2. The number of hydrogen-bond donors (Lipinski definition) is 1. The Labute approximate surface area is 134 Å². The minimum absolute atomic E-state index is 0. The van der Waals surface area contributed by atoms with Gasteiger partial charge in [0.1, 0.15) is 0 Å². The van der Waals surface area contributed by atoms with Crippen molar-refractivity contribution in [3.05, 3.63) is 23.8 Å². The Morgan fingerprint density at radius 2 is 1.90 bits per heavy atom. The van der Waals surface area contributed by atoms with Gasteiger partial charge >= 0.3 is 0 Å². The van der Waals surface area contributed by atoms with Gasteiger partial charge in [0.25, 0.3) is 0 Å². The largest absolute Gasteiger partial charge is 0.493 e. The predicted octanol–water partition coefficient (Wildman–Crippen LogP) is 2.56. The van der Waals surface area contributed by atoms with Crippen LogP contribution in [0.15, 0.2) is 18.2 Å². The Morgan fingerprint density at radius 3 is 2.48 bits per heavy atom. The van der Waals surface area contributed by atoms with Crippen LogP contribution in [0.25, 0.3) is 0 Å². The van der Waals surface area contributed by atoms with Crippen molar-refractivity contribution in [1.82, 2.24) is 10.2 Å². The molecule has 0 aliphatic carbocycles.